The molecule has 10 rings (SSSR count). The average Bonchev–Trinajstić information content (AvgIpc) is 3.65. The third kappa shape index (κ3) is 4.40. The van der Waals surface area contributed by atoms with Crippen LogP contribution in [0.25, 0.3) is 98.8 Å². The van der Waals surface area contributed by atoms with Gasteiger partial charge in [0, 0.05) is 16.2 Å². The van der Waals surface area contributed by atoms with E-state index in [-0.39, 0.29) is 35.3 Å². The fraction of sp³-hybridized carbons (Fsp3) is 0. The van der Waals surface area contributed by atoms with E-state index in [4.69, 9.17) is 18.1 Å². The second-order valence-electron chi connectivity index (χ2n) is 12.1. The van der Waals surface area contributed by atoms with E-state index in [1.165, 1.54) is 0 Å². The minimum Gasteiger partial charge on any atom is -0.455 e. The predicted molar refractivity (Wildman–Crippen MR) is 208 cm³/mol. The Morgan fingerprint density at radius 2 is 1.00 bits per heavy atom. The van der Waals surface area contributed by atoms with Gasteiger partial charge in [-0.25, -0.2) is 0 Å². The normalized spacial score (nSPS) is 14.5. The molecule has 1 heteroatoms. The van der Waals surface area contributed by atoms with Gasteiger partial charge in [-0.15, -0.1) is 0 Å². The first kappa shape index (κ1) is 19.4. The largest absolute Gasteiger partial charge is 0.455 e. The molecule has 0 aliphatic heterocycles. The zero-order valence-corrected chi connectivity index (χ0v) is 26.0. The number of hydrogen-bond acceptors (Lipinski definition) is 1. The zero-order chi connectivity index (χ0) is 41.0. The van der Waals surface area contributed by atoms with Crippen molar-refractivity contribution in [3.05, 3.63) is 182 Å². The lowest BCUT2D eigenvalue weighted by molar-refractivity contribution is 0.673. The summed E-state index contributed by atoms with van der Waals surface area (Å²) in [6.07, 6.45) is 0. The van der Waals surface area contributed by atoms with E-state index < -0.39 is 36.3 Å². The molecule has 0 spiro atoms. The molecular formula is C48H30O. The second-order valence-corrected chi connectivity index (χ2v) is 12.1. The van der Waals surface area contributed by atoms with E-state index >= 15 is 0 Å². The van der Waals surface area contributed by atoms with Gasteiger partial charge in [0.05, 0.1) is 13.7 Å². The SMILES string of the molecule is [2H]c1c([2H])c([2H])c(-c2cccc(-c3c4ccccc4c(-c4cccc5oc6c7ccccc7ccc6c45)c4cc(-c5c([2H])c([2H])c([2H])c([2H])c5[2H])ccc34)c2)c([2H])c1[2H]. The number of rotatable bonds is 4. The van der Waals surface area contributed by atoms with Gasteiger partial charge in [0.15, 0.2) is 0 Å². The van der Waals surface area contributed by atoms with Gasteiger partial charge in [0.1, 0.15) is 11.2 Å². The summed E-state index contributed by atoms with van der Waals surface area (Å²) in [4.78, 5) is 0. The summed E-state index contributed by atoms with van der Waals surface area (Å²) in [5, 5.41) is 7.19. The highest BCUT2D eigenvalue weighted by atomic mass is 16.3. The van der Waals surface area contributed by atoms with E-state index in [1.807, 2.05) is 84.9 Å². The Morgan fingerprint density at radius 1 is 0.388 bits per heavy atom. The minimum absolute atomic E-state index is 0.0835. The number of hydrogen-bond donors (Lipinski definition) is 0. The summed E-state index contributed by atoms with van der Waals surface area (Å²) in [7, 11) is 0. The van der Waals surface area contributed by atoms with Crippen LogP contribution in [0.5, 0.6) is 0 Å². The first-order valence-corrected chi connectivity index (χ1v) is 16.0. The molecule has 1 heterocycles. The standard InChI is InChI=1S/C48H30O/c1-3-13-31(14-4-1)34-18-11-19-36(29-34)45-38-21-9-10-22-39(38)46(43-30-35(26-27-40(43)45)32-15-5-2-6-16-32)41-23-12-24-44-47(41)42-28-25-33-17-7-8-20-37(33)48(42)49-44/h1-30H/i1D,2D,3D,4D,5D,6D,13D,14D,15D,16D. The maximum atomic E-state index is 8.88. The quantitative estimate of drug-likeness (QED) is 0.176. The molecular weight excluding hydrogens is 593 g/mol. The maximum Gasteiger partial charge on any atom is 0.143 e. The third-order valence-corrected chi connectivity index (χ3v) is 9.41. The minimum atomic E-state index is -0.469. The van der Waals surface area contributed by atoms with Gasteiger partial charge in [0.25, 0.3) is 0 Å². The van der Waals surface area contributed by atoms with Gasteiger partial charge in [-0.05, 0) is 95.7 Å². The topological polar surface area (TPSA) is 13.1 Å². The van der Waals surface area contributed by atoms with E-state index in [9.17, 15) is 0 Å². The molecule has 0 bridgehead atoms. The molecule has 0 atom stereocenters. The molecule has 0 radical (unpaired) electrons. The highest BCUT2D eigenvalue weighted by Crippen LogP contribution is 2.48. The molecule has 0 unspecified atom stereocenters. The van der Waals surface area contributed by atoms with Gasteiger partial charge in [-0.1, -0.05) is 157 Å². The molecule has 10 aromatic rings. The Bertz CT molecular complexity index is 3400. The van der Waals surface area contributed by atoms with E-state index in [0.29, 0.717) is 16.7 Å². The molecule has 9 aromatic carbocycles. The van der Waals surface area contributed by atoms with E-state index in [2.05, 4.69) is 24.3 Å². The van der Waals surface area contributed by atoms with Gasteiger partial charge < -0.3 is 4.42 Å². The van der Waals surface area contributed by atoms with Crippen LogP contribution in [0.3, 0.4) is 0 Å². The molecule has 0 N–H and O–H groups in total. The molecule has 0 fully saturated rings. The molecule has 1 nitrogen and oxygen atoms in total. The van der Waals surface area contributed by atoms with Gasteiger partial charge >= 0.3 is 0 Å². The maximum absolute atomic E-state index is 8.88. The summed E-state index contributed by atoms with van der Waals surface area (Å²) < 4.78 is 91.8. The zero-order valence-electron chi connectivity index (χ0n) is 36.0. The van der Waals surface area contributed by atoms with Crippen molar-refractivity contribution in [2.45, 2.75) is 0 Å². The fourth-order valence-electron chi connectivity index (χ4n) is 7.32. The summed E-state index contributed by atoms with van der Waals surface area (Å²) in [6.45, 7) is 0. The first-order chi connectivity index (χ1) is 28.5. The van der Waals surface area contributed by atoms with Crippen molar-refractivity contribution in [3.63, 3.8) is 0 Å². The van der Waals surface area contributed by atoms with Crippen molar-refractivity contribution in [1.82, 2.24) is 0 Å². The van der Waals surface area contributed by atoms with Crippen molar-refractivity contribution >= 4 is 54.3 Å². The third-order valence-electron chi connectivity index (χ3n) is 9.41. The molecule has 228 valence electrons. The summed E-state index contributed by atoms with van der Waals surface area (Å²) >= 11 is 0. The van der Waals surface area contributed by atoms with Crippen LogP contribution in [-0.4, -0.2) is 0 Å². The lowest BCUT2D eigenvalue weighted by Gasteiger charge is -2.19. The molecule has 49 heavy (non-hydrogen) atoms. The molecule has 1 aromatic heterocycles. The molecule has 0 aliphatic carbocycles. The smallest absolute Gasteiger partial charge is 0.143 e. The number of furan rings is 1. The number of benzene rings is 9. The van der Waals surface area contributed by atoms with Crippen molar-refractivity contribution in [3.8, 4) is 44.5 Å². The van der Waals surface area contributed by atoms with Crippen LogP contribution < -0.4 is 0 Å². The van der Waals surface area contributed by atoms with Gasteiger partial charge in [-0.3, -0.25) is 0 Å². The van der Waals surface area contributed by atoms with Crippen molar-refractivity contribution < 1.29 is 18.1 Å². The number of fused-ring (bicyclic) bond motifs is 7. The van der Waals surface area contributed by atoms with Crippen LogP contribution >= 0.6 is 0 Å². The first-order valence-electron chi connectivity index (χ1n) is 21.0. The fourth-order valence-corrected chi connectivity index (χ4v) is 7.32. The lowest BCUT2D eigenvalue weighted by Crippen LogP contribution is -1.92. The Kier molecular flexibility index (Phi) is 4.39. The van der Waals surface area contributed by atoms with Crippen molar-refractivity contribution in [1.29, 1.82) is 0 Å². The van der Waals surface area contributed by atoms with Crippen LogP contribution in [-0.2, 0) is 0 Å². The molecule has 0 saturated heterocycles. The Balaban J connectivity index is 1.35. The van der Waals surface area contributed by atoms with Crippen LogP contribution in [0, 0.1) is 0 Å². The van der Waals surface area contributed by atoms with Crippen LogP contribution in [0.4, 0.5) is 0 Å². The summed E-state index contributed by atoms with van der Waals surface area (Å²) in [6, 6.07) is 35.3. The Labute approximate surface area is 298 Å². The highest BCUT2D eigenvalue weighted by Gasteiger charge is 2.21. The molecule has 0 aliphatic rings. The van der Waals surface area contributed by atoms with Crippen LogP contribution in [0.2, 0.25) is 0 Å². The van der Waals surface area contributed by atoms with E-state index in [0.717, 1.165) is 70.9 Å². The van der Waals surface area contributed by atoms with Crippen LogP contribution in [0.1, 0.15) is 13.7 Å². The summed E-state index contributed by atoms with van der Waals surface area (Å²) in [5.41, 5.74) is 5.83. The van der Waals surface area contributed by atoms with Crippen molar-refractivity contribution in [2.24, 2.45) is 0 Å². The monoisotopic (exact) mass is 632 g/mol. The van der Waals surface area contributed by atoms with Crippen LogP contribution in [0.15, 0.2) is 186 Å². The molecule has 0 saturated carbocycles. The van der Waals surface area contributed by atoms with Gasteiger partial charge in [-0.2, -0.15) is 0 Å². The van der Waals surface area contributed by atoms with E-state index in [1.54, 1.807) is 12.1 Å². The molecule has 0 amide bonds. The van der Waals surface area contributed by atoms with Crippen molar-refractivity contribution in [2.75, 3.05) is 0 Å². The second kappa shape index (κ2) is 11.1. The predicted octanol–water partition coefficient (Wildman–Crippen LogP) is 13.7. The lowest BCUT2D eigenvalue weighted by atomic mass is 9.83. The highest BCUT2D eigenvalue weighted by molar-refractivity contribution is 6.27. The summed E-state index contributed by atoms with van der Waals surface area (Å²) in [5.74, 6) is 0. The average molecular weight is 633 g/mol. The van der Waals surface area contributed by atoms with Gasteiger partial charge in [0.2, 0.25) is 0 Å². The Morgan fingerprint density at radius 3 is 1.78 bits per heavy atom. The Hall–Kier alpha value is -6.44.